The first kappa shape index (κ1) is 20.4. The molecule has 0 fully saturated rings. The summed E-state index contributed by atoms with van der Waals surface area (Å²) in [5.74, 6) is -1.19. The average Bonchev–Trinajstić information content (AvgIpc) is 2.55. The molecule has 0 aliphatic rings. The number of halogens is 2. The van der Waals surface area contributed by atoms with Gasteiger partial charge in [-0.25, -0.2) is 17.5 Å². The van der Waals surface area contributed by atoms with Crippen LogP contribution < -0.4 is 10.0 Å². The lowest BCUT2D eigenvalue weighted by Crippen LogP contribution is -2.33. The summed E-state index contributed by atoms with van der Waals surface area (Å²) in [6.07, 6.45) is 0. The molecule has 1 amide bonds. The van der Waals surface area contributed by atoms with Crippen molar-refractivity contribution in [2.24, 2.45) is 0 Å². The smallest absolute Gasteiger partial charge is 0.241 e. The van der Waals surface area contributed by atoms with E-state index in [0.29, 0.717) is 11.1 Å². The number of hydrogen-bond donors (Lipinski definition) is 2. The Hall–Kier alpha value is -1.96. The van der Waals surface area contributed by atoms with Gasteiger partial charge in [-0.2, -0.15) is 0 Å². The Labute approximate surface area is 157 Å². The maximum Gasteiger partial charge on any atom is 0.241 e. The third-order valence-corrected chi connectivity index (χ3v) is 6.16. The first-order chi connectivity index (χ1) is 12.0. The van der Waals surface area contributed by atoms with E-state index >= 15 is 0 Å². The van der Waals surface area contributed by atoms with Crippen molar-refractivity contribution in [1.82, 2.24) is 4.72 Å². The van der Waals surface area contributed by atoms with Gasteiger partial charge in [0.2, 0.25) is 15.9 Å². The SMILES string of the molecule is Cc1cc(C)c(C)c(S(=O)(=O)NCC(=O)Nc2ccc(F)c(Cl)c2)c1C. The summed E-state index contributed by atoms with van der Waals surface area (Å²) < 4.78 is 40.8. The molecule has 2 aromatic carbocycles. The number of nitrogens with one attached hydrogen (secondary N) is 2. The average molecular weight is 399 g/mol. The van der Waals surface area contributed by atoms with Crippen LogP contribution in [0.5, 0.6) is 0 Å². The van der Waals surface area contributed by atoms with E-state index in [9.17, 15) is 17.6 Å². The van der Waals surface area contributed by atoms with E-state index in [1.807, 2.05) is 19.9 Å². The Kier molecular flexibility index (Phi) is 6.05. The molecule has 0 aliphatic carbocycles. The van der Waals surface area contributed by atoms with Crippen LogP contribution in [0.1, 0.15) is 22.3 Å². The maximum absolute atomic E-state index is 13.1. The summed E-state index contributed by atoms with van der Waals surface area (Å²) in [4.78, 5) is 12.2. The molecule has 2 aromatic rings. The van der Waals surface area contributed by atoms with Gasteiger partial charge >= 0.3 is 0 Å². The Morgan fingerprint density at radius 3 is 2.19 bits per heavy atom. The second-order valence-corrected chi connectivity index (χ2v) is 8.20. The summed E-state index contributed by atoms with van der Waals surface area (Å²) in [7, 11) is -3.87. The van der Waals surface area contributed by atoms with Crippen LogP contribution >= 0.6 is 11.6 Å². The van der Waals surface area contributed by atoms with Crippen LogP contribution in [0.4, 0.5) is 10.1 Å². The first-order valence-electron chi connectivity index (χ1n) is 7.85. The van der Waals surface area contributed by atoms with Gasteiger partial charge in [-0.3, -0.25) is 4.79 Å². The molecule has 26 heavy (non-hydrogen) atoms. The van der Waals surface area contributed by atoms with E-state index < -0.39 is 28.3 Å². The van der Waals surface area contributed by atoms with Gasteiger partial charge in [-0.05, 0) is 68.1 Å². The fourth-order valence-electron chi connectivity index (χ4n) is 2.60. The molecule has 2 N–H and O–H groups in total. The second-order valence-electron chi connectivity index (χ2n) is 6.09. The van der Waals surface area contributed by atoms with Crippen LogP contribution in [0.15, 0.2) is 29.2 Å². The topological polar surface area (TPSA) is 75.3 Å². The van der Waals surface area contributed by atoms with E-state index in [2.05, 4.69) is 10.0 Å². The van der Waals surface area contributed by atoms with Gasteiger partial charge in [0, 0.05) is 5.69 Å². The molecule has 140 valence electrons. The van der Waals surface area contributed by atoms with Gasteiger partial charge in [-0.15, -0.1) is 0 Å². The lowest BCUT2D eigenvalue weighted by Gasteiger charge is -2.16. The molecule has 0 heterocycles. The molecule has 2 rings (SSSR count). The van der Waals surface area contributed by atoms with E-state index in [4.69, 9.17) is 11.6 Å². The van der Waals surface area contributed by atoms with Crippen LogP contribution in [-0.4, -0.2) is 20.9 Å². The number of sulfonamides is 1. The van der Waals surface area contributed by atoms with Gasteiger partial charge in [0.25, 0.3) is 0 Å². The van der Waals surface area contributed by atoms with E-state index in [0.717, 1.165) is 17.2 Å². The monoisotopic (exact) mass is 398 g/mol. The lowest BCUT2D eigenvalue weighted by atomic mass is 10.0. The summed E-state index contributed by atoms with van der Waals surface area (Å²) in [5, 5.41) is 2.33. The second kappa shape index (κ2) is 7.73. The maximum atomic E-state index is 13.1. The summed E-state index contributed by atoms with van der Waals surface area (Å²) in [6, 6.07) is 5.63. The molecule has 8 heteroatoms. The molecule has 0 aromatic heterocycles. The largest absolute Gasteiger partial charge is 0.325 e. The molecule has 0 radical (unpaired) electrons. The zero-order valence-corrected chi connectivity index (χ0v) is 16.5. The number of anilines is 1. The predicted molar refractivity (Wildman–Crippen MR) is 101 cm³/mol. The molecule has 0 unspecified atom stereocenters. The molecule has 0 saturated carbocycles. The predicted octanol–water partition coefficient (Wildman–Crippen LogP) is 3.63. The van der Waals surface area contributed by atoms with Gasteiger partial charge < -0.3 is 5.32 Å². The van der Waals surface area contributed by atoms with Crippen molar-refractivity contribution in [3.63, 3.8) is 0 Å². The van der Waals surface area contributed by atoms with Crippen molar-refractivity contribution in [3.8, 4) is 0 Å². The van der Waals surface area contributed by atoms with Crippen molar-refractivity contribution in [2.75, 3.05) is 11.9 Å². The van der Waals surface area contributed by atoms with Crippen molar-refractivity contribution >= 4 is 33.2 Å². The molecule has 0 bridgehead atoms. The molecular weight excluding hydrogens is 379 g/mol. The zero-order valence-electron chi connectivity index (χ0n) is 14.9. The first-order valence-corrected chi connectivity index (χ1v) is 9.71. The number of rotatable bonds is 5. The summed E-state index contributed by atoms with van der Waals surface area (Å²) in [5.41, 5.74) is 3.29. The molecular formula is C18H20ClFN2O3S. The minimum absolute atomic E-state index is 0.134. The Bertz CT molecular complexity index is 949. The third-order valence-electron chi connectivity index (χ3n) is 4.19. The highest BCUT2D eigenvalue weighted by molar-refractivity contribution is 7.89. The van der Waals surface area contributed by atoms with Crippen LogP contribution in [0, 0.1) is 33.5 Å². The molecule has 0 saturated heterocycles. The van der Waals surface area contributed by atoms with Crippen molar-refractivity contribution in [3.05, 3.63) is 57.4 Å². The number of hydrogen-bond acceptors (Lipinski definition) is 3. The minimum atomic E-state index is -3.87. The van der Waals surface area contributed by atoms with Gasteiger partial charge in [-0.1, -0.05) is 17.7 Å². The molecule has 5 nitrogen and oxygen atoms in total. The Morgan fingerprint density at radius 1 is 1.08 bits per heavy atom. The third kappa shape index (κ3) is 4.41. The zero-order chi connectivity index (χ0) is 19.6. The van der Waals surface area contributed by atoms with E-state index in [-0.39, 0.29) is 15.6 Å². The number of aryl methyl sites for hydroxylation is 2. The molecule has 0 atom stereocenters. The number of amides is 1. The highest BCUT2D eigenvalue weighted by Crippen LogP contribution is 2.26. The van der Waals surface area contributed by atoms with Crippen LogP contribution in [-0.2, 0) is 14.8 Å². The lowest BCUT2D eigenvalue weighted by molar-refractivity contribution is -0.115. The Morgan fingerprint density at radius 2 is 1.65 bits per heavy atom. The van der Waals surface area contributed by atoms with Crippen LogP contribution in [0.2, 0.25) is 5.02 Å². The summed E-state index contributed by atoms with van der Waals surface area (Å²) >= 11 is 5.65. The normalized spacial score (nSPS) is 11.5. The van der Waals surface area contributed by atoms with E-state index in [1.165, 1.54) is 12.1 Å². The standard InChI is InChI=1S/C18H20ClFN2O3S/c1-10-7-11(2)13(4)18(12(10)3)26(24,25)21-9-17(23)22-14-5-6-16(20)15(19)8-14/h5-8,21H,9H2,1-4H3,(H,22,23). The fraction of sp³-hybridized carbons (Fsp3) is 0.278. The van der Waals surface area contributed by atoms with Gasteiger partial charge in [0.05, 0.1) is 16.5 Å². The molecule has 0 aliphatic heterocycles. The highest BCUT2D eigenvalue weighted by atomic mass is 35.5. The number of carbonyl (C=O) groups excluding carboxylic acids is 1. The van der Waals surface area contributed by atoms with Crippen molar-refractivity contribution in [1.29, 1.82) is 0 Å². The minimum Gasteiger partial charge on any atom is -0.325 e. The van der Waals surface area contributed by atoms with Crippen LogP contribution in [0.3, 0.4) is 0 Å². The van der Waals surface area contributed by atoms with Crippen molar-refractivity contribution in [2.45, 2.75) is 32.6 Å². The van der Waals surface area contributed by atoms with Gasteiger partial charge in [0.15, 0.2) is 0 Å². The van der Waals surface area contributed by atoms with Crippen molar-refractivity contribution < 1.29 is 17.6 Å². The summed E-state index contributed by atoms with van der Waals surface area (Å²) in [6.45, 7) is 6.69. The number of carbonyl (C=O) groups is 1. The van der Waals surface area contributed by atoms with Crippen LogP contribution in [0.25, 0.3) is 0 Å². The fourth-order valence-corrected chi connectivity index (χ4v) is 4.37. The number of benzene rings is 2. The Balaban J connectivity index is 2.16. The quantitative estimate of drug-likeness (QED) is 0.807. The molecule has 0 spiro atoms. The highest BCUT2D eigenvalue weighted by Gasteiger charge is 2.22. The van der Waals surface area contributed by atoms with Gasteiger partial charge in [0.1, 0.15) is 5.82 Å². The van der Waals surface area contributed by atoms with E-state index in [1.54, 1.807) is 13.8 Å².